The molecule has 0 spiro atoms. The van der Waals surface area contributed by atoms with Crippen LogP contribution >= 0.6 is 0 Å². The van der Waals surface area contributed by atoms with Crippen LogP contribution in [0.25, 0.3) is 0 Å². The van der Waals surface area contributed by atoms with E-state index in [1.807, 2.05) is 18.2 Å². The molecule has 1 amide bonds. The van der Waals surface area contributed by atoms with Gasteiger partial charge >= 0.3 is 0 Å². The largest absolute Gasteiger partial charge is 0.494 e. The second-order valence-corrected chi connectivity index (χ2v) is 4.90. The third kappa shape index (κ3) is 3.22. The normalized spacial score (nSPS) is 14.4. The van der Waals surface area contributed by atoms with Gasteiger partial charge in [-0.2, -0.15) is 0 Å². The Hall–Kier alpha value is -1.51. The van der Waals surface area contributed by atoms with E-state index < -0.39 is 0 Å². The lowest BCUT2D eigenvalue weighted by molar-refractivity contribution is -0.116. The van der Waals surface area contributed by atoms with Crippen LogP contribution in [-0.2, 0) is 11.2 Å². The summed E-state index contributed by atoms with van der Waals surface area (Å²) in [7, 11) is 0. The number of aryl methyl sites for hydroxylation is 1. The predicted molar refractivity (Wildman–Crippen MR) is 68.3 cm³/mol. The number of ether oxygens (including phenoxy) is 1. The molecule has 92 valence electrons. The van der Waals surface area contributed by atoms with Crippen molar-refractivity contribution in [2.45, 2.75) is 33.1 Å². The fourth-order valence-corrected chi connectivity index (χ4v) is 1.86. The third-order valence-electron chi connectivity index (χ3n) is 2.94. The second-order valence-electron chi connectivity index (χ2n) is 4.90. The van der Waals surface area contributed by atoms with E-state index in [1.54, 1.807) is 0 Å². The number of benzene rings is 1. The molecule has 0 fully saturated rings. The molecular weight excluding hydrogens is 214 g/mol. The Morgan fingerprint density at radius 3 is 2.94 bits per heavy atom. The third-order valence-corrected chi connectivity index (χ3v) is 2.94. The lowest BCUT2D eigenvalue weighted by Crippen LogP contribution is -2.18. The summed E-state index contributed by atoms with van der Waals surface area (Å²) in [5, 5.41) is 2.87. The Labute approximate surface area is 102 Å². The molecule has 1 heterocycles. The molecule has 3 heteroatoms. The molecule has 0 bridgehead atoms. The maximum absolute atomic E-state index is 11.2. The van der Waals surface area contributed by atoms with Crippen molar-refractivity contribution in [1.29, 1.82) is 0 Å². The number of rotatable bonds is 4. The smallest absolute Gasteiger partial charge is 0.224 e. The molecule has 0 radical (unpaired) electrons. The molecule has 1 aromatic rings. The number of fused-ring (bicyclic) bond motifs is 1. The lowest BCUT2D eigenvalue weighted by atomic mass is 10.0. The predicted octanol–water partition coefficient (Wildman–Crippen LogP) is 3.00. The molecule has 0 unspecified atom stereocenters. The van der Waals surface area contributed by atoms with Gasteiger partial charge in [0.15, 0.2) is 0 Å². The summed E-state index contributed by atoms with van der Waals surface area (Å²) in [6, 6.07) is 5.89. The topological polar surface area (TPSA) is 38.3 Å². The van der Waals surface area contributed by atoms with Crippen LogP contribution in [0.1, 0.15) is 32.3 Å². The minimum absolute atomic E-state index is 0.103. The molecule has 1 N–H and O–H groups in total. The number of carbonyl (C=O) groups excluding carboxylic acids is 1. The summed E-state index contributed by atoms with van der Waals surface area (Å²) in [6.45, 7) is 5.13. The summed E-state index contributed by atoms with van der Waals surface area (Å²) < 4.78 is 5.70. The van der Waals surface area contributed by atoms with Crippen LogP contribution in [0.15, 0.2) is 18.2 Å². The summed E-state index contributed by atoms with van der Waals surface area (Å²) in [4.78, 5) is 11.2. The zero-order valence-electron chi connectivity index (χ0n) is 10.5. The van der Waals surface area contributed by atoms with Crippen LogP contribution in [-0.4, -0.2) is 12.5 Å². The van der Waals surface area contributed by atoms with E-state index in [9.17, 15) is 4.79 Å². The number of nitrogens with one attached hydrogen (secondary N) is 1. The molecule has 0 aliphatic carbocycles. The SMILES string of the molecule is CC(C)CCOc1ccc2c(c1)CCC(=O)N2. The molecule has 1 aliphatic heterocycles. The average Bonchev–Trinajstić information content (AvgIpc) is 2.29. The van der Waals surface area contributed by atoms with Gasteiger partial charge in [0.25, 0.3) is 0 Å². The molecule has 0 saturated carbocycles. The summed E-state index contributed by atoms with van der Waals surface area (Å²) in [5.74, 6) is 1.67. The van der Waals surface area contributed by atoms with Gasteiger partial charge in [0.1, 0.15) is 5.75 Å². The van der Waals surface area contributed by atoms with Crippen molar-refractivity contribution < 1.29 is 9.53 Å². The Morgan fingerprint density at radius 1 is 1.35 bits per heavy atom. The first-order valence-electron chi connectivity index (χ1n) is 6.21. The van der Waals surface area contributed by atoms with Crippen molar-refractivity contribution in [3.8, 4) is 5.75 Å². The van der Waals surface area contributed by atoms with Gasteiger partial charge in [-0.3, -0.25) is 4.79 Å². The van der Waals surface area contributed by atoms with Crippen LogP contribution in [0, 0.1) is 5.92 Å². The lowest BCUT2D eigenvalue weighted by Gasteiger charge is -2.17. The number of hydrogen-bond acceptors (Lipinski definition) is 2. The van der Waals surface area contributed by atoms with Crippen molar-refractivity contribution in [2.75, 3.05) is 11.9 Å². The van der Waals surface area contributed by atoms with Crippen molar-refractivity contribution in [2.24, 2.45) is 5.92 Å². The van der Waals surface area contributed by atoms with Crippen molar-refractivity contribution in [1.82, 2.24) is 0 Å². The highest BCUT2D eigenvalue weighted by Gasteiger charge is 2.14. The summed E-state index contributed by atoms with van der Waals surface area (Å²) in [5.41, 5.74) is 2.10. The molecular formula is C14H19NO2. The van der Waals surface area contributed by atoms with Crippen molar-refractivity contribution in [3.05, 3.63) is 23.8 Å². The van der Waals surface area contributed by atoms with Crippen LogP contribution in [0.5, 0.6) is 5.75 Å². The minimum atomic E-state index is 0.103. The molecule has 0 atom stereocenters. The molecule has 17 heavy (non-hydrogen) atoms. The van der Waals surface area contributed by atoms with Gasteiger partial charge in [-0.15, -0.1) is 0 Å². The summed E-state index contributed by atoms with van der Waals surface area (Å²) >= 11 is 0. The minimum Gasteiger partial charge on any atom is -0.494 e. The van der Waals surface area contributed by atoms with Crippen molar-refractivity contribution >= 4 is 11.6 Å². The number of carbonyl (C=O) groups is 1. The Balaban J connectivity index is 1.99. The van der Waals surface area contributed by atoms with Gasteiger partial charge in [0.05, 0.1) is 6.61 Å². The second kappa shape index (κ2) is 5.21. The van der Waals surface area contributed by atoms with Gasteiger partial charge in [0, 0.05) is 12.1 Å². The first kappa shape index (κ1) is 12.0. The zero-order chi connectivity index (χ0) is 12.3. The molecule has 0 aromatic heterocycles. The van der Waals surface area contributed by atoms with Gasteiger partial charge in [-0.05, 0) is 42.5 Å². The first-order valence-corrected chi connectivity index (χ1v) is 6.21. The number of anilines is 1. The Kier molecular flexibility index (Phi) is 3.67. The van der Waals surface area contributed by atoms with E-state index in [-0.39, 0.29) is 5.91 Å². The quantitative estimate of drug-likeness (QED) is 0.868. The molecule has 2 rings (SSSR count). The van der Waals surface area contributed by atoms with Crippen LogP contribution < -0.4 is 10.1 Å². The van der Waals surface area contributed by atoms with Crippen molar-refractivity contribution in [3.63, 3.8) is 0 Å². The first-order chi connectivity index (χ1) is 8.15. The Bertz CT molecular complexity index is 413. The fraction of sp³-hybridized carbons (Fsp3) is 0.500. The molecule has 3 nitrogen and oxygen atoms in total. The Morgan fingerprint density at radius 2 is 2.18 bits per heavy atom. The van der Waals surface area contributed by atoms with Gasteiger partial charge in [-0.1, -0.05) is 13.8 Å². The van der Waals surface area contributed by atoms with E-state index >= 15 is 0 Å². The standard InChI is InChI=1S/C14H19NO2/c1-10(2)7-8-17-12-4-5-13-11(9-12)3-6-14(16)15-13/h4-5,9-10H,3,6-8H2,1-2H3,(H,15,16). The fourth-order valence-electron chi connectivity index (χ4n) is 1.86. The van der Waals surface area contributed by atoms with E-state index in [0.29, 0.717) is 12.3 Å². The van der Waals surface area contributed by atoms with Crippen LogP contribution in [0.3, 0.4) is 0 Å². The summed E-state index contributed by atoms with van der Waals surface area (Å²) in [6.07, 6.45) is 2.44. The van der Waals surface area contributed by atoms with E-state index in [0.717, 1.165) is 30.9 Å². The van der Waals surface area contributed by atoms with Gasteiger partial charge in [-0.25, -0.2) is 0 Å². The van der Waals surface area contributed by atoms with E-state index in [1.165, 1.54) is 5.56 Å². The molecule has 0 saturated heterocycles. The highest BCUT2D eigenvalue weighted by Crippen LogP contribution is 2.26. The highest BCUT2D eigenvalue weighted by atomic mass is 16.5. The average molecular weight is 233 g/mol. The van der Waals surface area contributed by atoms with Crippen LogP contribution in [0.4, 0.5) is 5.69 Å². The van der Waals surface area contributed by atoms with Gasteiger partial charge < -0.3 is 10.1 Å². The van der Waals surface area contributed by atoms with Crippen LogP contribution in [0.2, 0.25) is 0 Å². The maximum atomic E-state index is 11.2. The van der Waals surface area contributed by atoms with E-state index in [4.69, 9.17) is 4.74 Å². The molecule has 1 aromatic carbocycles. The highest BCUT2D eigenvalue weighted by molar-refractivity contribution is 5.93. The van der Waals surface area contributed by atoms with Gasteiger partial charge in [0.2, 0.25) is 5.91 Å². The zero-order valence-corrected chi connectivity index (χ0v) is 10.5. The maximum Gasteiger partial charge on any atom is 0.224 e. The monoisotopic (exact) mass is 233 g/mol. The number of hydrogen-bond donors (Lipinski definition) is 1. The van der Waals surface area contributed by atoms with E-state index in [2.05, 4.69) is 19.2 Å². The number of amides is 1. The molecule has 1 aliphatic rings.